The van der Waals surface area contributed by atoms with Crippen molar-refractivity contribution in [3.63, 3.8) is 0 Å². The Morgan fingerprint density at radius 1 is 0.969 bits per heavy atom. The quantitative estimate of drug-likeness (QED) is 0.257. The number of hydrogen-bond donors (Lipinski definition) is 3. The molecule has 0 fully saturated rings. The van der Waals surface area contributed by atoms with Gasteiger partial charge >= 0.3 is 5.69 Å². The van der Waals surface area contributed by atoms with E-state index in [0.29, 0.717) is 10.7 Å². The molecule has 4 aromatic rings. The van der Waals surface area contributed by atoms with Gasteiger partial charge in [-0.05, 0) is 29.7 Å². The average Bonchev–Trinajstić information content (AvgIpc) is 2.77. The highest BCUT2D eigenvalue weighted by Gasteiger charge is 2.24. The summed E-state index contributed by atoms with van der Waals surface area (Å²) in [6.45, 7) is 0. The van der Waals surface area contributed by atoms with Crippen LogP contribution in [0.5, 0.6) is 0 Å². The smallest absolute Gasteiger partial charge is 0.334 e. The summed E-state index contributed by atoms with van der Waals surface area (Å²) in [5.41, 5.74) is 5.15. The molecule has 0 aliphatic carbocycles. The predicted molar refractivity (Wildman–Crippen MR) is 123 cm³/mol. The molecule has 9 nitrogen and oxygen atoms in total. The first-order valence-corrected chi connectivity index (χ1v) is 9.95. The van der Waals surface area contributed by atoms with E-state index in [2.05, 4.69) is 26.1 Å². The van der Waals surface area contributed by atoms with Crippen molar-refractivity contribution < 1.29 is 9.72 Å². The Hall–Kier alpha value is -3.95. The number of carbonyl (C=O) groups excluding carboxylic acids is 1. The second kappa shape index (κ2) is 9.04. The third-order valence-electron chi connectivity index (χ3n) is 4.52. The SMILES string of the molecule is O=C(NNc1ncnc(Nc2cccc3ccccc23)c1[N+](=O)[O-])c1ccc(Cl)cc1Cl. The monoisotopic (exact) mass is 468 g/mol. The standard InChI is InChI=1S/C21H14Cl2N6O3/c22-13-8-9-15(16(23)10-13)21(30)28-27-20-18(29(31)32)19(24-11-25-20)26-17-7-3-5-12-4-1-2-6-14(12)17/h1-11H,(H,28,30)(H2,24,25,26,27). The number of nitrogens with one attached hydrogen (secondary N) is 3. The zero-order valence-electron chi connectivity index (χ0n) is 16.2. The van der Waals surface area contributed by atoms with Gasteiger partial charge in [0.05, 0.1) is 15.5 Å². The Morgan fingerprint density at radius 2 is 1.72 bits per heavy atom. The van der Waals surface area contributed by atoms with E-state index in [1.54, 1.807) is 6.07 Å². The molecule has 0 atom stereocenters. The first kappa shape index (κ1) is 21.3. The fraction of sp³-hybridized carbons (Fsp3) is 0. The lowest BCUT2D eigenvalue weighted by atomic mass is 10.1. The van der Waals surface area contributed by atoms with E-state index in [1.807, 2.05) is 36.4 Å². The van der Waals surface area contributed by atoms with Crippen LogP contribution in [0.15, 0.2) is 67.0 Å². The number of hydrogen-bond acceptors (Lipinski definition) is 7. The Labute approximate surface area is 191 Å². The van der Waals surface area contributed by atoms with Crippen LogP contribution >= 0.6 is 23.2 Å². The Kier molecular flexibility index (Phi) is 6.02. The molecule has 160 valence electrons. The van der Waals surface area contributed by atoms with E-state index >= 15 is 0 Å². The van der Waals surface area contributed by atoms with E-state index in [1.165, 1.54) is 18.2 Å². The minimum absolute atomic E-state index is 0.0392. The topological polar surface area (TPSA) is 122 Å². The fourth-order valence-electron chi connectivity index (χ4n) is 3.05. The van der Waals surface area contributed by atoms with Crippen molar-refractivity contribution in [2.75, 3.05) is 10.7 Å². The molecule has 3 N–H and O–H groups in total. The number of nitrogens with zero attached hydrogens (tertiary/aromatic N) is 3. The van der Waals surface area contributed by atoms with Gasteiger partial charge in [-0.2, -0.15) is 0 Å². The highest BCUT2D eigenvalue weighted by atomic mass is 35.5. The number of amides is 1. The maximum Gasteiger partial charge on any atom is 0.355 e. The second-order valence-electron chi connectivity index (χ2n) is 6.53. The van der Waals surface area contributed by atoms with Gasteiger partial charge in [0, 0.05) is 16.1 Å². The molecular weight excluding hydrogens is 455 g/mol. The molecule has 3 aromatic carbocycles. The number of rotatable bonds is 6. The van der Waals surface area contributed by atoms with Crippen LogP contribution in [0.3, 0.4) is 0 Å². The van der Waals surface area contributed by atoms with Gasteiger partial charge < -0.3 is 5.32 Å². The molecular formula is C21H14Cl2N6O3. The molecule has 0 radical (unpaired) electrons. The molecule has 11 heteroatoms. The maximum absolute atomic E-state index is 12.4. The summed E-state index contributed by atoms with van der Waals surface area (Å²) in [5, 5.41) is 17.1. The third-order valence-corrected chi connectivity index (χ3v) is 5.07. The van der Waals surface area contributed by atoms with Crippen molar-refractivity contribution in [3.05, 3.63) is 92.7 Å². The van der Waals surface area contributed by atoms with Gasteiger partial charge in [0.2, 0.25) is 11.6 Å². The molecule has 0 aliphatic heterocycles. The highest BCUT2D eigenvalue weighted by molar-refractivity contribution is 6.36. The zero-order chi connectivity index (χ0) is 22.7. The van der Waals surface area contributed by atoms with Crippen LogP contribution < -0.4 is 16.2 Å². The number of benzene rings is 3. The summed E-state index contributed by atoms with van der Waals surface area (Å²) in [6, 6.07) is 17.5. The molecule has 0 bridgehead atoms. The second-order valence-corrected chi connectivity index (χ2v) is 7.38. The number of halogens is 2. The van der Waals surface area contributed by atoms with Crippen molar-refractivity contribution in [3.8, 4) is 0 Å². The van der Waals surface area contributed by atoms with Gasteiger partial charge in [0.15, 0.2) is 0 Å². The van der Waals surface area contributed by atoms with Crippen LogP contribution in [0.25, 0.3) is 10.8 Å². The molecule has 32 heavy (non-hydrogen) atoms. The summed E-state index contributed by atoms with van der Waals surface area (Å²) in [7, 11) is 0. The van der Waals surface area contributed by atoms with Crippen LogP contribution in [-0.4, -0.2) is 20.8 Å². The number of fused-ring (bicyclic) bond motifs is 1. The molecule has 1 heterocycles. The summed E-state index contributed by atoms with van der Waals surface area (Å²) in [6.07, 6.45) is 1.14. The summed E-state index contributed by atoms with van der Waals surface area (Å²) in [4.78, 5) is 31.5. The van der Waals surface area contributed by atoms with Gasteiger partial charge in [0.1, 0.15) is 6.33 Å². The third kappa shape index (κ3) is 4.39. The van der Waals surface area contributed by atoms with E-state index in [-0.39, 0.29) is 22.2 Å². The summed E-state index contributed by atoms with van der Waals surface area (Å²) < 4.78 is 0. The van der Waals surface area contributed by atoms with E-state index in [4.69, 9.17) is 23.2 Å². The Morgan fingerprint density at radius 3 is 2.50 bits per heavy atom. The van der Waals surface area contributed by atoms with Gasteiger partial charge in [0.25, 0.3) is 5.91 Å². The molecule has 0 spiro atoms. The first-order valence-electron chi connectivity index (χ1n) is 9.19. The molecule has 0 unspecified atom stereocenters. The van der Waals surface area contributed by atoms with Crippen LogP contribution in [-0.2, 0) is 0 Å². The van der Waals surface area contributed by atoms with Gasteiger partial charge in [-0.1, -0.05) is 59.6 Å². The van der Waals surface area contributed by atoms with Gasteiger partial charge in [-0.25, -0.2) is 9.97 Å². The largest absolute Gasteiger partial charge is 0.355 e. The van der Waals surface area contributed by atoms with Crippen LogP contribution in [0.4, 0.5) is 23.0 Å². The van der Waals surface area contributed by atoms with Crippen LogP contribution in [0, 0.1) is 10.1 Å². The van der Waals surface area contributed by atoms with E-state index in [0.717, 1.165) is 17.1 Å². The molecule has 1 amide bonds. The lowest BCUT2D eigenvalue weighted by molar-refractivity contribution is -0.383. The lowest BCUT2D eigenvalue weighted by Gasteiger charge is -2.12. The molecule has 4 rings (SSSR count). The minimum Gasteiger partial charge on any atom is -0.334 e. The number of nitro groups is 1. The number of hydrazine groups is 1. The average molecular weight is 469 g/mol. The highest BCUT2D eigenvalue weighted by Crippen LogP contribution is 2.33. The van der Waals surface area contributed by atoms with E-state index in [9.17, 15) is 14.9 Å². The van der Waals surface area contributed by atoms with Crippen molar-refractivity contribution >= 4 is 62.9 Å². The van der Waals surface area contributed by atoms with Gasteiger partial charge in [-0.3, -0.25) is 25.8 Å². The predicted octanol–water partition coefficient (Wildman–Crippen LogP) is 5.35. The maximum atomic E-state index is 12.4. The molecule has 0 saturated heterocycles. The van der Waals surface area contributed by atoms with Crippen LogP contribution in [0.1, 0.15) is 10.4 Å². The fourth-order valence-corrected chi connectivity index (χ4v) is 3.55. The number of carbonyl (C=O) groups is 1. The molecule has 0 saturated carbocycles. The van der Waals surface area contributed by atoms with Crippen molar-refractivity contribution in [2.45, 2.75) is 0 Å². The number of aromatic nitrogens is 2. The minimum atomic E-state index is -0.642. The van der Waals surface area contributed by atoms with Crippen LogP contribution in [0.2, 0.25) is 10.0 Å². The normalized spacial score (nSPS) is 10.6. The summed E-state index contributed by atoms with van der Waals surface area (Å²) in [5.74, 6) is -0.864. The molecule has 0 aliphatic rings. The zero-order valence-corrected chi connectivity index (χ0v) is 17.7. The Balaban J connectivity index is 1.62. The molecule has 1 aromatic heterocycles. The Bertz CT molecular complexity index is 1340. The summed E-state index contributed by atoms with van der Waals surface area (Å²) >= 11 is 11.9. The first-order chi connectivity index (χ1) is 15.4. The number of anilines is 3. The lowest BCUT2D eigenvalue weighted by Crippen LogP contribution is -2.30. The van der Waals surface area contributed by atoms with Crippen molar-refractivity contribution in [2.24, 2.45) is 0 Å². The van der Waals surface area contributed by atoms with E-state index < -0.39 is 16.5 Å². The van der Waals surface area contributed by atoms with Gasteiger partial charge in [-0.15, -0.1) is 0 Å². The van der Waals surface area contributed by atoms with Crippen molar-refractivity contribution in [1.82, 2.24) is 15.4 Å². The van der Waals surface area contributed by atoms with Crippen molar-refractivity contribution in [1.29, 1.82) is 0 Å².